The van der Waals surface area contributed by atoms with Crippen LogP contribution in [0, 0.1) is 0 Å². The van der Waals surface area contributed by atoms with E-state index in [9.17, 15) is 43.2 Å². The first-order chi connectivity index (χ1) is 27.7. The zero-order chi connectivity index (χ0) is 42.2. The summed E-state index contributed by atoms with van der Waals surface area (Å²) in [5, 5.41) is 21.0. The van der Waals surface area contributed by atoms with Gasteiger partial charge in [0.05, 0.1) is 19.5 Å². The highest BCUT2D eigenvalue weighted by Gasteiger charge is 2.31. The van der Waals surface area contributed by atoms with Crippen molar-refractivity contribution in [1.29, 1.82) is 0 Å². The van der Waals surface area contributed by atoms with E-state index in [1.165, 1.54) is 13.8 Å². The van der Waals surface area contributed by atoms with Gasteiger partial charge in [-0.05, 0) is 43.4 Å². The minimum atomic E-state index is -1.47. The van der Waals surface area contributed by atoms with Crippen LogP contribution in [-0.2, 0) is 56.0 Å². The van der Waals surface area contributed by atoms with Gasteiger partial charge in [0.2, 0.25) is 53.2 Å². The average molecular weight is 803 g/mol. The van der Waals surface area contributed by atoms with Gasteiger partial charge in [-0.15, -0.1) is 0 Å². The molecule has 58 heavy (non-hydrogen) atoms. The summed E-state index contributed by atoms with van der Waals surface area (Å²) in [5.74, 6) is -6.61. The molecule has 2 aromatic carbocycles. The van der Waals surface area contributed by atoms with Crippen molar-refractivity contribution < 1.29 is 43.2 Å². The smallest absolute Gasteiger partial charge is 0.243 e. The van der Waals surface area contributed by atoms with Gasteiger partial charge in [0.25, 0.3) is 0 Å². The number of H-pyrrole nitrogens is 1. The minimum absolute atomic E-state index is 0.0111. The number of para-hydroxylation sites is 1. The van der Waals surface area contributed by atoms with Gasteiger partial charge in [-0.2, -0.15) is 0 Å². The molecular weight excluding hydrogens is 752 g/mol. The molecule has 1 aliphatic heterocycles. The molecule has 1 aromatic heterocycles. The number of rotatable bonds is 8. The van der Waals surface area contributed by atoms with E-state index >= 15 is 0 Å². The van der Waals surface area contributed by atoms with Gasteiger partial charge in [-0.25, -0.2) is 0 Å². The first-order valence-corrected chi connectivity index (χ1v) is 18.9. The Morgan fingerprint density at radius 1 is 0.759 bits per heavy atom. The van der Waals surface area contributed by atoms with Crippen molar-refractivity contribution in [2.24, 2.45) is 5.73 Å². The maximum absolute atomic E-state index is 13.7. The van der Waals surface area contributed by atoms with Gasteiger partial charge in [-0.3, -0.25) is 43.2 Å². The van der Waals surface area contributed by atoms with Crippen LogP contribution in [-0.4, -0.2) is 108 Å². The quantitative estimate of drug-likeness (QED) is 0.118. The third kappa shape index (κ3) is 13.7. The summed E-state index contributed by atoms with van der Waals surface area (Å²) in [6, 6.07) is 9.74. The number of carbonyl (C=O) groups is 9. The van der Waals surface area contributed by atoms with Crippen LogP contribution < -0.4 is 48.3 Å². The Kier molecular flexibility index (Phi) is 16.3. The number of carbonyl (C=O) groups excluding carboxylic acids is 9. The van der Waals surface area contributed by atoms with E-state index in [1.807, 2.05) is 24.3 Å². The van der Waals surface area contributed by atoms with Crippen molar-refractivity contribution in [2.45, 2.75) is 82.6 Å². The molecule has 2 heterocycles. The largest absolute Gasteiger partial charge is 0.368 e. The summed E-state index contributed by atoms with van der Waals surface area (Å²) in [6.07, 6.45) is 1.90. The number of benzene rings is 2. The van der Waals surface area contributed by atoms with E-state index in [0.717, 1.165) is 10.9 Å². The average Bonchev–Trinajstić information content (AvgIpc) is 3.60. The van der Waals surface area contributed by atoms with Gasteiger partial charge < -0.3 is 53.3 Å². The first-order valence-electron chi connectivity index (χ1n) is 18.9. The molecule has 3 aromatic rings. The number of fused-ring (bicyclic) bond motifs is 1. The second-order valence-electron chi connectivity index (χ2n) is 13.9. The maximum atomic E-state index is 13.7. The van der Waals surface area contributed by atoms with Crippen LogP contribution in [0.25, 0.3) is 10.9 Å². The Morgan fingerprint density at radius 2 is 1.47 bits per heavy atom. The standard InChI is InChI=1S/C39H50N10O9/c1-22-36(55)49-29(16-24-10-4-3-5-11-24)37(56)44-21-34(53)46-30(17-25-19-43-27-13-7-6-12-26(25)27)39(58)48-28(35(40)54)14-8-9-15-41-32(51)18-31(38(57)45-22)47-33(52)20-42-23(2)50/h3-7,10-13,19,22,28-31,43H,8-9,14-18,20-21H2,1-2H3,(H2,40,54)(H,41,51)(H,42,50)(H,44,56)(H,45,57)(H,46,53)(H,47,52)(H,48,58)(H,49,55)/t22?,28?,29?,30-,31?/m0/s1. The van der Waals surface area contributed by atoms with Crippen molar-refractivity contribution in [3.8, 4) is 0 Å². The van der Waals surface area contributed by atoms with Crippen LogP contribution >= 0.6 is 0 Å². The minimum Gasteiger partial charge on any atom is -0.368 e. The molecule has 310 valence electrons. The highest BCUT2D eigenvalue weighted by molar-refractivity contribution is 5.98. The topological polar surface area (TPSA) is 292 Å². The van der Waals surface area contributed by atoms with E-state index in [2.05, 4.69) is 47.5 Å². The molecule has 19 heteroatoms. The molecular formula is C39H50N10O9. The fourth-order valence-corrected chi connectivity index (χ4v) is 6.18. The predicted molar refractivity (Wildman–Crippen MR) is 210 cm³/mol. The van der Waals surface area contributed by atoms with Gasteiger partial charge >= 0.3 is 0 Å². The lowest BCUT2D eigenvalue weighted by Crippen LogP contribution is -2.58. The zero-order valence-corrected chi connectivity index (χ0v) is 32.3. The molecule has 0 aliphatic carbocycles. The molecule has 0 bridgehead atoms. The van der Waals surface area contributed by atoms with Crippen LogP contribution in [0.3, 0.4) is 0 Å². The molecule has 0 saturated carbocycles. The van der Waals surface area contributed by atoms with E-state index in [-0.39, 0.29) is 25.8 Å². The zero-order valence-electron chi connectivity index (χ0n) is 32.3. The molecule has 1 fully saturated rings. The van der Waals surface area contributed by atoms with E-state index < -0.39 is 103 Å². The molecule has 4 unspecified atom stereocenters. The molecule has 9 amide bonds. The van der Waals surface area contributed by atoms with Crippen LogP contribution in [0.5, 0.6) is 0 Å². The number of aromatic nitrogens is 1. The second-order valence-corrected chi connectivity index (χ2v) is 13.9. The molecule has 0 spiro atoms. The number of aromatic amines is 1. The predicted octanol–water partition coefficient (Wildman–Crippen LogP) is -2.18. The van der Waals surface area contributed by atoms with Gasteiger partial charge in [0.15, 0.2) is 0 Å². The van der Waals surface area contributed by atoms with Crippen LogP contribution in [0.15, 0.2) is 60.8 Å². The molecule has 5 atom stereocenters. The van der Waals surface area contributed by atoms with Gasteiger partial charge in [0, 0.05) is 43.4 Å². The summed E-state index contributed by atoms with van der Waals surface area (Å²) in [6.45, 7) is 1.56. The van der Waals surface area contributed by atoms with E-state index in [4.69, 9.17) is 5.73 Å². The number of amides is 9. The number of hydrogen-bond acceptors (Lipinski definition) is 9. The monoisotopic (exact) mass is 802 g/mol. The number of nitrogens with two attached hydrogens (primary N) is 1. The van der Waals surface area contributed by atoms with Gasteiger partial charge in [-0.1, -0.05) is 48.5 Å². The summed E-state index contributed by atoms with van der Waals surface area (Å²) in [4.78, 5) is 120. The highest BCUT2D eigenvalue weighted by Crippen LogP contribution is 2.19. The fraction of sp³-hybridized carbons (Fsp3) is 0.410. The Labute approximate surface area is 334 Å². The van der Waals surface area contributed by atoms with Crippen LogP contribution in [0.2, 0.25) is 0 Å². The number of nitrogens with one attached hydrogen (secondary N) is 9. The summed E-state index contributed by atoms with van der Waals surface area (Å²) in [7, 11) is 0. The van der Waals surface area contributed by atoms with Gasteiger partial charge in [0.1, 0.15) is 30.2 Å². The Balaban J connectivity index is 1.59. The van der Waals surface area contributed by atoms with Crippen LogP contribution in [0.4, 0.5) is 0 Å². The van der Waals surface area contributed by atoms with Crippen molar-refractivity contribution in [1.82, 2.24) is 47.5 Å². The SMILES string of the molecule is CC(=O)NCC(=O)NC1CC(=O)NCCCCC(C(N)=O)NC(=O)[C@H](Cc2c[nH]c3ccccc23)NC(=O)CNC(=O)C(Cc2ccccc2)NC(=O)C(C)NC1=O. The maximum Gasteiger partial charge on any atom is 0.243 e. The summed E-state index contributed by atoms with van der Waals surface area (Å²) in [5.41, 5.74) is 7.81. The fourth-order valence-electron chi connectivity index (χ4n) is 6.18. The van der Waals surface area contributed by atoms with Crippen molar-refractivity contribution in [2.75, 3.05) is 19.6 Å². The highest BCUT2D eigenvalue weighted by atomic mass is 16.2. The van der Waals surface area contributed by atoms with Crippen molar-refractivity contribution in [3.63, 3.8) is 0 Å². The third-order valence-corrected chi connectivity index (χ3v) is 9.28. The lowest BCUT2D eigenvalue weighted by Gasteiger charge is -2.24. The summed E-state index contributed by atoms with van der Waals surface area (Å²) < 4.78 is 0. The van der Waals surface area contributed by atoms with Crippen molar-refractivity contribution in [3.05, 3.63) is 71.9 Å². The molecule has 1 saturated heterocycles. The molecule has 11 N–H and O–H groups in total. The summed E-state index contributed by atoms with van der Waals surface area (Å²) >= 11 is 0. The Morgan fingerprint density at radius 3 is 2.19 bits per heavy atom. The molecule has 0 radical (unpaired) electrons. The van der Waals surface area contributed by atoms with E-state index in [0.29, 0.717) is 24.0 Å². The normalized spacial score (nSPS) is 22.2. The molecule has 19 nitrogen and oxygen atoms in total. The molecule has 4 rings (SSSR count). The first kappa shape index (κ1) is 43.9. The van der Waals surface area contributed by atoms with Crippen molar-refractivity contribution >= 4 is 64.1 Å². The third-order valence-electron chi connectivity index (χ3n) is 9.28. The number of hydrogen-bond donors (Lipinski definition) is 10. The lowest BCUT2D eigenvalue weighted by atomic mass is 10.0. The van der Waals surface area contributed by atoms with Crippen LogP contribution in [0.1, 0.15) is 50.7 Å². The Bertz CT molecular complexity index is 1990. The van der Waals surface area contributed by atoms with E-state index in [1.54, 1.807) is 36.5 Å². The lowest BCUT2D eigenvalue weighted by molar-refractivity contribution is -0.135. The second kappa shape index (κ2) is 21.5. The molecule has 1 aliphatic rings. The Hall–Kier alpha value is -6.79. The number of primary amides is 1.